The van der Waals surface area contributed by atoms with Gasteiger partial charge in [-0.25, -0.2) is 0 Å². The summed E-state index contributed by atoms with van der Waals surface area (Å²) in [6.45, 7) is 4.00. The molecule has 0 spiro atoms. The molecule has 1 aromatic carbocycles. The number of benzene rings is 1. The highest BCUT2D eigenvalue weighted by Crippen LogP contribution is 2.15. The summed E-state index contributed by atoms with van der Waals surface area (Å²) >= 11 is 1.74. The molecule has 0 saturated carbocycles. The minimum atomic E-state index is -0.0254. The van der Waals surface area contributed by atoms with Crippen molar-refractivity contribution in [3.05, 3.63) is 29.3 Å². The first-order chi connectivity index (χ1) is 8.62. The fraction of sp³-hybridized carbons (Fsp3) is 0.462. The van der Waals surface area contributed by atoms with Crippen LogP contribution in [0.4, 0.5) is 5.69 Å². The number of amides is 1. The second-order valence-electron chi connectivity index (χ2n) is 4.21. The molecule has 0 heterocycles. The Labute approximate surface area is 113 Å². The molecule has 4 N–H and O–H groups in total. The zero-order chi connectivity index (χ0) is 13.5. The van der Waals surface area contributed by atoms with Crippen LogP contribution in [-0.2, 0) is 0 Å². The van der Waals surface area contributed by atoms with Gasteiger partial charge in [0, 0.05) is 17.4 Å². The first-order valence-corrected chi connectivity index (χ1v) is 7.38. The largest absolute Gasteiger partial charge is 0.348 e. The first-order valence-electron chi connectivity index (χ1n) is 5.99. The predicted molar refractivity (Wildman–Crippen MR) is 78.9 cm³/mol. The van der Waals surface area contributed by atoms with Crippen LogP contribution in [0.5, 0.6) is 0 Å². The maximum Gasteiger partial charge on any atom is 0.251 e. The van der Waals surface area contributed by atoms with Gasteiger partial charge in [-0.15, -0.1) is 0 Å². The first kappa shape index (κ1) is 14.9. The van der Waals surface area contributed by atoms with E-state index in [1.165, 1.54) is 0 Å². The number of hydrogen-bond donors (Lipinski definition) is 3. The van der Waals surface area contributed by atoms with E-state index in [1.807, 2.05) is 25.3 Å². The summed E-state index contributed by atoms with van der Waals surface area (Å²) in [6, 6.07) is 5.67. The average Bonchev–Trinajstić information content (AvgIpc) is 2.37. The van der Waals surface area contributed by atoms with Crippen LogP contribution in [0.2, 0.25) is 0 Å². The molecule has 1 unspecified atom stereocenters. The number of anilines is 1. The summed E-state index contributed by atoms with van der Waals surface area (Å²) in [7, 11) is 0. The number of nitrogen functional groups attached to an aromatic ring is 1. The fourth-order valence-electron chi connectivity index (χ4n) is 1.70. The van der Waals surface area contributed by atoms with Gasteiger partial charge in [0.15, 0.2) is 0 Å². The maximum atomic E-state index is 12.1. The highest BCUT2D eigenvalue weighted by molar-refractivity contribution is 7.98. The number of thioether (sulfide) groups is 1. The molecule has 4 nitrogen and oxygen atoms in total. The molecule has 1 amide bonds. The standard InChI is InChI=1S/C13H21N3OS/c1-4-11(8-18-3)15-13(17)10-5-6-12(16-14)9(2)7-10/h5-7,11,16H,4,8,14H2,1-3H3,(H,15,17). The van der Waals surface area contributed by atoms with E-state index in [0.29, 0.717) is 5.56 Å². The number of carbonyl (C=O) groups excluding carboxylic acids is 1. The lowest BCUT2D eigenvalue weighted by Gasteiger charge is -2.16. The van der Waals surface area contributed by atoms with E-state index < -0.39 is 0 Å². The fourth-order valence-corrected chi connectivity index (χ4v) is 2.42. The molecule has 0 saturated heterocycles. The van der Waals surface area contributed by atoms with Gasteiger partial charge in [-0.1, -0.05) is 6.92 Å². The lowest BCUT2D eigenvalue weighted by atomic mass is 10.1. The van der Waals surface area contributed by atoms with Crippen molar-refractivity contribution in [1.29, 1.82) is 0 Å². The molecule has 0 bridgehead atoms. The number of hydrazine groups is 1. The Morgan fingerprint density at radius 1 is 1.50 bits per heavy atom. The number of carbonyl (C=O) groups is 1. The average molecular weight is 267 g/mol. The quantitative estimate of drug-likeness (QED) is 0.546. The van der Waals surface area contributed by atoms with Gasteiger partial charge in [-0.05, 0) is 43.4 Å². The molecule has 0 radical (unpaired) electrons. The second kappa shape index (κ2) is 7.28. The lowest BCUT2D eigenvalue weighted by molar-refractivity contribution is 0.0940. The summed E-state index contributed by atoms with van der Waals surface area (Å²) in [5, 5.41) is 3.04. The van der Waals surface area contributed by atoms with E-state index >= 15 is 0 Å². The van der Waals surface area contributed by atoms with Crippen LogP contribution in [0.25, 0.3) is 0 Å². The van der Waals surface area contributed by atoms with Gasteiger partial charge in [-0.3, -0.25) is 10.6 Å². The van der Waals surface area contributed by atoms with Crippen LogP contribution in [0.3, 0.4) is 0 Å². The van der Waals surface area contributed by atoms with Gasteiger partial charge in [0.1, 0.15) is 0 Å². The third-order valence-corrected chi connectivity index (χ3v) is 3.58. The second-order valence-corrected chi connectivity index (χ2v) is 5.12. The van der Waals surface area contributed by atoms with Gasteiger partial charge < -0.3 is 10.7 Å². The Balaban J connectivity index is 2.74. The summed E-state index contributed by atoms with van der Waals surface area (Å²) in [5.74, 6) is 6.27. The number of aryl methyl sites for hydroxylation is 1. The zero-order valence-corrected chi connectivity index (χ0v) is 11.9. The van der Waals surface area contributed by atoms with E-state index in [1.54, 1.807) is 17.8 Å². The highest BCUT2D eigenvalue weighted by Gasteiger charge is 2.12. The van der Waals surface area contributed by atoms with Crippen molar-refractivity contribution < 1.29 is 4.79 Å². The predicted octanol–water partition coefficient (Wildman–Crippen LogP) is 2.15. The van der Waals surface area contributed by atoms with Crippen LogP contribution < -0.4 is 16.6 Å². The van der Waals surface area contributed by atoms with Crippen molar-refractivity contribution in [3.8, 4) is 0 Å². The Morgan fingerprint density at radius 3 is 2.72 bits per heavy atom. The van der Waals surface area contributed by atoms with E-state index in [2.05, 4.69) is 17.7 Å². The Hall–Kier alpha value is -1.20. The van der Waals surface area contributed by atoms with Crippen LogP contribution in [-0.4, -0.2) is 24.0 Å². The molecule has 18 heavy (non-hydrogen) atoms. The molecule has 1 rings (SSSR count). The van der Waals surface area contributed by atoms with Crippen molar-refractivity contribution in [1.82, 2.24) is 5.32 Å². The van der Waals surface area contributed by atoms with Crippen molar-refractivity contribution in [3.63, 3.8) is 0 Å². The summed E-state index contributed by atoms with van der Waals surface area (Å²) in [6.07, 6.45) is 2.98. The number of hydrogen-bond acceptors (Lipinski definition) is 4. The Bertz CT molecular complexity index is 409. The number of rotatable bonds is 6. The molecule has 0 fully saturated rings. The third-order valence-electron chi connectivity index (χ3n) is 2.84. The third kappa shape index (κ3) is 3.92. The van der Waals surface area contributed by atoms with Crippen molar-refractivity contribution in [2.24, 2.45) is 5.84 Å². The van der Waals surface area contributed by atoms with Crippen LogP contribution >= 0.6 is 11.8 Å². The molecular weight excluding hydrogens is 246 g/mol. The Kier molecular flexibility index (Phi) is 6.01. The van der Waals surface area contributed by atoms with Crippen molar-refractivity contribution >= 4 is 23.4 Å². The molecule has 0 aliphatic heterocycles. The zero-order valence-electron chi connectivity index (χ0n) is 11.1. The van der Waals surface area contributed by atoms with Gasteiger partial charge in [0.05, 0.1) is 5.69 Å². The van der Waals surface area contributed by atoms with E-state index in [-0.39, 0.29) is 11.9 Å². The Morgan fingerprint density at radius 2 is 2.22 bits per heavy atom. The SMILES string of the molecule is CCC(CSC)NC(=O)c1ccc(NN)c(C)c1. The van der Waals surface area contributed by atoms with Gasteiger partial charge in [-0.2, -0.15) is 11.8 Å². The maximum absolute atomic E-state index is 12.1. The highest BCUT2D eigenvalue weighted by atomic mass is 32.2. The van der Waals surface area contributed by atoms with Crippen LogP contribution in [0.1, 0.15) is 29.3 Å². The molecule has 0 aromatic heterocycles. The van der Waals surface area contributed by atoms with Crippen molar-refractivity contribution in [2.45, 2.75) is 26.3 Å². The molecule has 0 aliphatic carbocycles. The topological polar surface area (TPSA) is 67.2 Å². The minimum Gasteiger partial charge on any atom is -0.348 e. The van der Waals surface area contributed by atoms with Gasteiger partial charge in [0.2, 0.25) is 0 Å². The molecule has 100 valence electrons. The van der Waals surface area contributed by atoms with Gasteiger partial charge >= 0.3 is 0 Å². The monoisotopic (exact) mass is 267 g/mol. The molecule has 5 heteroatoms. The van der Waals surface area contributed by atoms with Crippen molar-refractivity contribution in [2.75, 3.05) is 17.4 Å². The van der Waals surface area contributed by atoms with E-state index in [0.717, 1.165) is 23.4 Å². The minimum absolute atomic E-state index is 0.0254. The summed E-state index contributed by atoms with van der Waals surface area (Å²) < 4.78 is 0. The lowest BCUT2D eigenvalue weighted by Crippen LogP contribution is -2.36. The number of nitrogens with one attached hydrogen (secondary N) is 2. The summed E-state index contributed by atoms with van der Waals surface area (Å²) in [5.41, 5.74) is 5.07. The van der Waals surface area contributed by atoms with Crippen LogP contribution in [0.15, 0.2) is 18.2 Å². The summed E-state index contributed by atoms with van der Waals surface area (Å²) in [4.78, 5) is 12.1. The smallest absolute Gasteiger partial charge is 0.251 e. The number of nitrogens with two attached hydrogens (primary N) is 1. The molecular formula is C13H21N3OS. The normalized spacial score (nSPS) is 12.0. The van der Waals surface area contributed by atoms with Gasteiger partial charge in [0.25, 0.3) is 5.91 Å². The van der Waals surface area contributed by atoms with E-state index in [9.17, 15) is 4.79 Å². The van der Waals surface area contributed by atoms with Crippen LogP contribution in [0, 0.1) is 6.92 Å². The molecule has 1 aromatic rings. The molecule has 1 atom stereocenters. The molecule has 0 aliphatic rings. The van der Waals surface area contributed by atoms with E-state index in [4.69, 9.17) is 5.84 Å².